The quantitative estimate of drug-likeness (QED) is 0.492. The second-order valence-electron chi connectivity index (χ2n) is 2.76. The van der Waals surface area contributed by atoms with Crippen LogP contribution in [0.4, 0.5) is 0 Å². The van der Waals surface area contributed by atoms with Gasteiger partial charge < -0.3 is 19.7 Å². The van der Waals surface area contributed by atoms with Crippen LogP contribution in [-0.4, -0.2) is 48.6 Å². The second kappa shape index (κ2) is 13.9. The molecule has 0 atom stereocenters. The van der Waals surface area contributed by atoms with Gasteiger partial charge in [0.15, 0.2) is 0 Å². The largest absolute Gasteiger partial charge is 0.481 e. The first kappa shape index (κ1) is 17.3. The molecule has 2 N–H and O–H groups in total. The minimum absolute atomic E-state index is 0.0976. The Morgan fingerprint density at radius 3 is 2.19 bits per heavy atom. The summed E-state index contributed by atoms with van der Waals surface area (Å²) in [6.45, 7) is 4.42. The average molecular weight is 236 g/mol. The number of carboxylic acid groups (broad SMARTS) is 1. The van der Waals surface area contributed by atoms with E-state index in [0.717, 1.165) is 0 Å². The molecule has 0 fully saturated rings. The van der Waals surface area contributed by atoms with E-state index in [1.165, 1.54) is 6.92 Å². The highest BCUT2D eigenvalue weighted by molar-refractivity contribution is 5.66. The highest BCUT2D eigenvalue weighted by Crippen LogP contribution is 1.88. The number of hydrogen-bond donors (Lipinski definition) is 2. The molecule has 0 saturated heterocycles. The second-order valence-corrected chi connectivity index (χ2v) is 2.76. The summed E-state index contributed by atoms with van der Waals surface area (Å²) in [5, 5.41) is 16.2. The molecule has 0 amide bonds. The van der Waals surface area contributed by atoms with Crippen LogP contribution in [-0.2, 0) is 19.1 Å². The van der Waals surface area contributed by atoms with Crippen molar-refractivity contribution in [3.63, 3.8) is 0 Å². The summed E-state index contributed by atoms with van der Waals surface area (Å²) in [7, 11) is 0. The third-order valence-corrected chi connectivity index (χ3v) is 1.28. The van der Waals surface area contributed by atoms with Gasteiger partial charge in [0.1, 0.15) is 6.61 Å². The van der Waals surface area contributed by atoms with Crippen molar-refractivity contribution in [3.05, 3.63) is 0 Å². The Bertz CT molecular complexity index is 180. The van der Waals surface area contributed by atoms with Crippen LogP contribution >= 0.6 is 0 Å². The first-order chi connectivity index (χ1) is 7.54. The van der Waals surface area contributed by atoms with E-state index < -0.39 is 5.97 Å². The number of carbonyl (C=O) groups excluding carboxylic acids is 1. The SMILES string of the molecule is CC(=O)OCCO.CCOCCCC(=O)O. The zero-order valence-corrected chi connectivity index (χ0v) is 9.77. The highest BCUT2D eigenvalue weighted by Gasteiger charge is 1.94. The molecule has 0 aromatic rings. The van der Waals surface area contributed by atoms with Crippen LogP contribution in [0.2, 0.25) is 0 Å². The van der Waals surface area contributed by atoms with E-state index >= 15 is 0 Å². The minimum atomic E-state index is -0.755. The van der Waals surface area contributed by atoms with Gasteiger partial charge in [-0.15, -0.1) is 0 Å². The first-order valence-electron chi connectivity index (χ1n) is 5.08. The predicted molar refractivity (Wildman–Crippen MR) is 57.1 cm³/mol. The van der Waals surface area contributed by atoms with Gasteiger partial charge in [-0.3, -0.25) is 9.59 Å². The van der Waals surface area contributed by atoms with Crippen molar-refractivity contribution in [1.29, 1.82) is 0 Å². The lowest BCUT2D eigenvalue weighted by Crippen LogP contribution is -2.03. The Morgan fingerprint density at radius 1 is 1.25 bits per heavy atom. The van der Waals surface area contributed by atoms with E-state index in [9.17, 15) is 9.59 Å². The molecule has 96 valence electrons. The topological polar surface area (TPSA) is 93.1 Å². The number of rotatable bonds is 7. The van der Waals surface area contributed by atoms with E-state index in [-0.39, 0.29) is 25.6 Å². The van der Waals surface area contributed by atoms with E-state index in [1.54, 1.807) is 0 Å². The zero-order valence-electron chi connectivity index (χ0n) is 9.77. The van der Waals surface area contributed by atoms with Gasteiger partial charge in [0.05, 0.1) is 6.61 Å². The standard InChI is InChI=1S/C6H12O3.C4H8O3/c1-2-9-5-3-4-6(7)8;1-4(6)7-3-2-5/h2-5H2,1H3,(H,7,8);5H,2-3H2,1H3. The van der Waals surface area contributed by atoms with Gasteiger partial charge in [-0.2, -0.15) is 0 Å². The van der Waals surface area contributed by atoms with Crippen molar-refractivity contribution >= 4 is 11.9 Å². The van der Waals surface area contributed by atoms with Crippen molar-refractivity contribution < 1.29 is 29.3 Å². The van der Waals surface area contributed by atoms with Gasteiger partial charge >= 0.3 is 11.9 Å². The lowest BCUT2D eigenvalue weighted by molar-refractivity contribution is -0.142. The van der Waals surface area contributed by atoms with Crippen LogP contribution in [0, 0.1) is 0 Å². The summed E-state index contributed by atoms with van der Waals surface area (Å²) < 4.78 is 9.22. The van der Waals surface area contributed by atoms with Crippen molar-refractivity contribution in [2.45, 2.75) is 26.7 Å². The van der Waals surface area contributed by atoms with E-state index in [4.69, 9.17) is 14.9 Å². The predicted octanol–water partition coefficient (Wildman–Crippen LogP) is 0.429. The number of ether oxygens (including phenoxy) is 2. The van der Waals surface area contributed by atoms with Gasteiger partial charge in [0.2, 0.25) is 0 Å². The number of carbonyl (C=O) groups is 2. The number of aliphatic hydroxyl groups excluding tert-OH is 1. The van der Waals surface area contributed by atoms with Gasteiger partial charge in [-0.05, 0) is 13.3 Å². The Kier molecular flexibility index (Phi) is 15.0. The number of aliphatic carboxylic acids is 1. The van der Waals surface area contributed by atoms with E-state index in [2.05, 4.69) is 4.74 Å². The summed E-state index contributed by atoms with van der Waals surface area (Å²) in [4.78, 5) is 19.8. The lowest BCUT2D eigenvalue weighted by atomic mass is 10.3. The Balaban J connectivity index is 0. The lowest BCUT2D eigenvalue weighted by Gasteiger charge is -1.96. The van der Waals surface area contributed by atoms with Crippen molar-refractivity contribution in [1.82, 2.24) is 0 Å². The van der Waals surface area contributed by atoms with Crippen molar-refractivity contribution in [2.75, 3.05) is 26.4 Å². The molecule has 0 heterocycles. The first-order valence-corrected chi connectivity index (χ1v) is 5.08. The number of hydrogen-bond acceptors (Lipinski definition) is 5. The van der Waals surface area contributed by atoms with Gasteiger partial charge in [0.25, 0.3) is 0 Å². The fraction of sp³-hybridized carbons (Fsp3) is 0.800. The van der Waals surface area contributed by atoms with Gasteiger partial charge in [-0.25, -0.2) is 0 Å². The van der Waals surface area contributed by atoms with Crippen LogP contribution in [0.25, 0.3) is 0 Å². The fourth-order valence-corrected chi connectivity index (χ4v) is 0.659. The monoisotopic (exact) mass is 236 g/mol. The summed E-state index contributed by atoms with van der Waals surface area (Å²) in [6.07, 6.45) is 0.823. The van der Waals surface area contributed by atoms with Gasteiger partial charge in [0, 0.05) is 26.6 Å². The average Bonchev–Trinajstić information content (AvgIpc) is 2.22. The Hall–Kier alpha value is -1.14. The molecule has 0 aliphatic heterocycles. The van der Waals surface area contributed by atoms with Crippen LogP contribution < -0.4 is 0 Å². The smallest absolute Gasteiger partial charge is 0.303 e. The third kappa shape index (κ3) is 23.0. The zero-order chi connectivity index (χ0) is 12.8. The molecule has 0 spiro atoms. The maximum atomic E-state index is 9.91. The molecule has 0 rings (SSSR count). The number of esters is 1. The molecule has 0 saturated carbocycles. The normalized spacial score (nSPS) is 8.94. The summed E-state index contributed by atoms with van der Waals surface area (Å²) in [5.41, 5.74) is 0. The van der Waals surface area contributed by atoms with Crippen LogP contribution in [0.5, 0.6) is 0 Å². The Morgan fingerprint density at radius 2 is 1.88 bits per heavy atom. The molecule has 0 unspecified atom stereocenters. The molecule has 6 heteroatoms. The van der Waals surface area contributed by atoms with E-state index in [1.807, 2.05) is 6.92 Å². The molecule has 6 nitrogen and oxygen atoms in total. The van der Waals surface area contributed by atoms with Gasteiger partial charge in [-0.1, -0.05) is 0 Å². The maximum Gasteiger partial charge on any atom is 0.303 e. The molecule has 0 aromatic carbocycles. The fourth-order valence-electron chi connectivity index (χ4n) is 0.659. The summed E-state index contributed by atoms with van der Waals surface area (Å²) >= 11 is 0. The molecular weight excluding hydrogens is 216 g/mol. The third-order valence-electron chi connectivity index (χ3n) is 1.28. The van der Waals surface area contributed by atoms with E-state index in [0.29, 0.717) is 19.6 Å². The minimum Gasteiger partial charge on any atom is -0.481 e. The molecule has 0 radical (unpaired) electrons. The van der Waals surface area contributed by atoms with Crippen molar-refractivity contribution in [3.8, 4) is 0 Å². The summed E-state index contributed by atoms with van der Waals surface area (Å²) in [6, 6.07) is 0. The summed E-state index contributed by atoms with van der Waals surface area (Å²) in [5.74, 6) is -1.11. The molecular formula is C10H20O6. The Labute approximate surface area is 95.2 Å². The molecule has 0 aliphatic carbocycles. The highest BCUT2D eigenvalue weighted by atomic mass is 16.5. The molecule has 16 heavy (non-hydrogen) atoms. The molecule has 0 bridgehead atoms. The van der Waals surface area contributed by atoms with Crippen LogP contribution in [0.3, 0.4) is 0 Å². The number of aliphatic hydroxyl groups is 1. The van der Waals surface area contributed by atoms with Crippen LogP contribution in [0.15, 0.2) is 0 Å². The molecule has 0 aromatic heterocycles. The maximum absolute atomic E-state index is 9.91. The number of carboxylic acids is 1. The van der Waals surface area contributed by atoms with Crippen molar-refractivity contribution in [2.24, 2.45) is 0 Å². The molecule has 0 aliphatic rings. The van der Waals surface area contributed by atoms with Crippen LogP contribution in [0.1, 0.15) is 26.7 Å².